The highest BCUT2D eigenvalue weighted by Crippen LogP contribution is 2.41. The van der Waals surface area contributed by atoms with E-state index in [-0.39, 0.29) is 17.4 Å². The first-order valence-corrected chi connectivity index (χ1v) is 10.1. The minimum absolute atomic E-state index is 0.258. The van der Waals surface area contributed by atoms with Crippen molar-refractivity contribution < 1.29 is 4.79 Å². The molecular weight excluding hydrogens is 424 g/mol. The van der Waals surface area contributed by atoms with Gasteiger partial charge in [-0.3, -0.25) is 18.7 Å². The van der Waals surface area contributed by atoms with Gasteiger partial charge < -0.3 is 9.80 Å². The number of hydrogen-bond donors (Lipinski definition) is 0. The molecule has 8 heteroatoms. The fourth-order valence-electron chi connectivity index (χ4n) is 3.89. The molecule has 2 aliphatic rings. The Kier molecular flexibility index (Phi) is 4.74. The molecule has 0 spiro atoms. The summed E-state index contributed by atoms with van der Waals surface area (Å²) in [6.45, 7) is -0.285. The summed E-state index contributed by atoms with van der Waals surface area (Å²) < 4.78 is 2.48. The predicted molar refractivity (Wildman–Crippen MR) is 112 cm³/mol. The molecule has 7 nitrogen and oxygen atoms in total. The Morgan fingerprint density at radius 1 is 1.18 bits per heavy atom. The van der Waals surface area contributed by atoms with Gasteiger partial charge in [0, 0.05) is 25.4 Å². The minimum atomic E-state index is -0.498. The van der Waals surface area contributed by atoms with Crippen LogP contribution in [0.1, 0.15) is 29.6 Å². The van der Waals surface area contributed by atoms with Gasteiger partial charge in [0.15, 0.2) is 16.5 Å². The number of hydrogen-bond acceptors (Lipinski definition) is 5. The Morgan fingerprint density at radius 3 is 2.54 bits per heavy atom. The molecule has 1 aromatic heterocycles. The van der Waals surface area contributed by atoms with Crippen molar-refractivity contribution in [3.63, 3.8) is 0 Å². The first kappa shape index (κ1) is 18.7. The summed E-state index contributed by atoms with van der Waals surface area (Å²) in [5, 5.41) is -0.258. The second kappa shape index (κ2) is 7.09. The van der Waals surface area contributed by atoms with E-state index in [9.17, 15) is 14.4 Å². The van der Waals surface area contributed by atoms with Crippen LogP contribution in [0.3, 0.4) is 0 Å². The highest BCUT2D eigenvalue weighted by atomic mass is 79.9. The summed E-state index contributed by atoms with van der Waals surface area (Å²) in [6, 6.07) is 8.70. The number of benzene rings is 1. The van der Waals surface area contributed by atoms with E-state index in [1.54, 1.807) is 31.3 Å². The largest absolute Gasteiger partial charge is 0.332 e. The average Bonchev–Trinajstić information content (AvgIpc) is 3.31. The lowest BCUT2D eigenvalue weighted by Crippen LogP contribution is -2.42. The number of fused-ring (bicyclic) bond motifs is 1. The van der Waals surface area contributed by atoms with Crippen LogP contribution in [0.5, 0.6) is 0 Å². The summed E-state index contributed by atoms with van der Waals surface area (Å²) in [7, 11) is 3.47. The van der Waals surface area contributed by atoms with Gasteiger partial charge in [-0.1, -0.05) is 36.4 Å². The lowest BCUT2D eigenvalue weighted by molar-refractivity contribution is 0.0968. The number of ketones is 1. The molecule has 1 aliphatic heterocycles. The third-order valence-electron chi connectivity index (χ3n) is 5.33. The van der Waals surface area contributed by atoms with Crippen LogP contribution in [0.4, 0.5) is 11.5 Å². The molecular formula is C20H21BrN4O3. The van der Waals surface area contributed by atoms with Gasteiger partial charge in [0.2, 0.25) is 0 Å². The molecule has 0 bridgehead atoms. The standard InChI is InChI=1S/C20H21BrN4O3/c1-22-17-16(25(19(22)21)14-10-6-7-11-14)18(27)24(20(28)23(17)2)12-15(26)13-8-4-3-5-9-13/h3-5,8-10,19H,6-7,11-12H2,1-2H3. The number of rotatable bonds is 4. The number of alkyl halides is 1. The van der Waals surface area contributed by atoms with Gasteiger partial charge in [0.1, 0.15) is 5.82 Å². The van der Waals surface area contributed by atoms with Crippen LogP contribution in [-0.4, -0.2) is 27.0 Å². The third kappa shape index (κ3) is 2.83. The van der Waals surface area contributed by atoms with Crippen molar-refractivity contribution in [2.45, 2.75) is 30.9 Å². The predicted octanol–water partition coefficient (Wildman–Crippen LogP) is 2.43. The zero-order valence-corrected chi connectivity index (χ0v) is 17.3. The summed E-state index contributed by atoms with van der Waals surface area (Å²) in [5.41, 5.74) is 1.03. The van der Waals surface area contributed by atoms with Gasteiger partial charge in [-0.25, -0.2) is 4.79 Å². The molecule has 1 atom stereocenters. The Hall–Kier alpha value is -2.61. The maximum atomic E-state index is 13.3. The molecule has 4 rings (SSSR count). The molecule has 0 radical (unpaired) electrons. The number of anilines is 2. The van der Waals surface area contributed by atoms with Gasteiger partial charge >= 0.3 is 5.69 Å². The molecule has 1 aliphatic carbocycles. The van der Waals surface area contributed by atoms with Crippen molar-refractivity contribution in [2.24, 2.45) is 7.05 Å². The molecule has 146 valence electrons. The normalized spacial score (nSPS) is 18.4. The zero-order valence-electron chi connectivity index (χ0n) is 15.8. The lowest BCUT2D eigenvalue weighted by Gasteiger charge is -2.26. The molecule has 2 heterocycles. The number of carbonyl (C=O) groups is 1. The van der Waals surface area contributed by atoms with Gasteiger partial charge in [-0.2, -0.15) is 0 Å². The maximum Gasteiger partial charge on any atom is 0.332 e. The Labute approximate surface area is 170 Å². The van der Waals surface area contributed by atoms with Crippen LogP contribution >= 0.6 is 15.9 Å². The van der Waals surface area contributed by atoms with E-state index < -0.39 is 11.2 Å². The molecule has 0 saturated heterocycles. The number of allylic oxidation sites excluding steroid dienone is 2. The van der Waals surface area contributed by atoms with E-state index in [0.29, 0.717) is 17.1 Å². The van der Waals surface area contributed by atoms with Crippen LogP contribution in [0.25, 0.3) is 0 Å². The van der Waals surface area contributed by atoms with Crippen LogP contribution < -0.4 is 21.0 Å². The SMILES string of the molecule is CN1c2c(c(=O)n(CC(=O)c3ccccc3)c(=O)n2C)N(C2=CCCC2)C1Br. The number of Topliss-reactive ketones (excluding diaryl/α,β-unsaturated/α-hetero) is 1. The van der Waals surface area contributed by atoms with Gasteiger partial charge in [-0.15, -0.1) is 0 Å². The summed E-state index contributed by atoms with van der Waals surface area (Å²) in [4.78, 5) is 42.7. The monoisotopic (exact) mass is 444 g/mol. The molecule has 1 unspecified atom stereocenters. The van der Waals surface area contributed by atoms with Crippen molar-refractivity contribution in [1.82, 2.24) is 9.13 Å². The first-order chi connectivity index (χ1) is 13.4. The third-order valence-corrected chi connectivity index (χ3v) is 6.35. The van der Waals surface area contributed by atoms with Gasteiger partial charge in [0.05, 0.1) is 6.54 Å². The van der Waals surface area contributed by atoms with Crippen LogP contribution in [0.2, 0.25) is 0 Å². The number of nitrogens with zero attached hydrogens (tertiary/aromatic N) is 4. The van der Waals surface area contributed by atoms with E-state index in [2.05, 4.69) is 22.0 Å². The molecule has 28 heavy (non-hydrogen) atoms. The van der Waals surface area contributed by atoms with Crippen molar-refractivity contribution in [3.8, 4) is 0 Å². The fourth-order valence-corrected chi connectivity index (χ4v) is 4.55. The molecule has 2 aromatic rings. The highest BCUT2D eigenvalue weighted by Gasteiger charge is 2.40. The minimum Gasteiger partial charge on any atom is -0.329 e. The van der Waals surface area contributed by atoms with Crippen molar-refractivity contribution in [2.75, 3.05) is 16.8 Å². The van der Waals surface area contributed by atoms with Crippen molar-refractivity contribution >= 4 is 33.2 Å². The summed E-state index contributed by atoms with van der Waals surface area (Å²) in [6.07, 6.45) is 5.01. The average molecular weight is 445 g/mol. The van der Waals surface area contributed by atoms with Crippen LogP contribution in [0, 0.1) is 0 Å². The smallest absolute Gasteiger partial charge is 0.329 e. The first-order valence-electron chi connectivity index (χ1n) is 9.19. The van der Waals surface area contributed by atoms with E-state index in [4.69, 9.17) is 0 Å². The molecule has 0 saturated carbocycles. The number of carbonyl (C=O) groups excluding carboxylic acids is 1. The van der Waals surface area contributed by atoms with E-state index in [0.717, 1.165) is 29.5 Å². The summed E-state index contributed by atoms with van der Waals surface area (Å²) in [5.74, 6) is 0.279. The molecule has 0 N–H and O–H groups in total. The topological polar surface area (TPSA) is 67.5 Å². The van der Waals surface area contributed by atoms with E-state index in [1.807, 2.05) is 22.9 Å². The Morgan fingerprint density at radius 2 is 1.89 bits per heavy atom. The fraction of sp³-hybridized carbons (Fsp3) is 0.350. The zero-order chi connectivity index (χ0) is 20.0. The molecule has 0 amide bonds. The number of aromatic nitrogens is 2. The Bertz CT molecular complexity index is 1090. The van der Waals surface area contributed by atoms with E-state index in [1.165, 1.54) is 4.57 Å². The summed E-state index contributed by atoms with van der Waals surface area (Å²) >= 11 is 3.65. The molecule has 1 aromatic carbocycles. The quantitative estimate of drug-likeness (QED) is 0.411. The second-order valence-electron chi connectivity index (χ2n) is 7.07. The number of halogens is 1. The van der Waals surface area contributed by atoms with Crippen LogP contribution in [-0.2, 0) is 13.6 Å². The molecule has 0 fully saturated rings. The van der Waals surface area contributed by atoms with Crippen LogP contribution in [0.15, 0.2) is 51.7 Å². The second-order valence-corrected chi connectivity index (χ2v) is 7.89. The van der Waals surface area contributed by atoms with Crippen molar-refractivity contribution in [3.05, 3.63) is 68.5 Å². The lowest BCUT2D eigenvalue weighted by atomic mass is 10.1. The Balaban J connectivity index is 1.85. The van der Waals surface area contributed by atoms with Gasteiger partial charge in [-0.05, 0) is 35.2 Å². The van der Waals surface area contributed by atoms with E-state index >= 15 is 0 Å². The van der Waals surface area contributed by atoms with Gasteiger partial charge in [0.25, 0.3) is 5.56 Å². The maximum absolute atomic E-state index is 13.3. The van der Waals surface area contributed by atoms with Crippen molar-refractivity contribution in [1.29, 1.82) is 0 Å². The highest BCUT2D eigenvalue weighted by molar-refractivity contribution is 9.09.